The zero-order valence-electron chi connectivity index (χ0n) is 15.5. The van der Waals surface area contributed by atoms with Gasteiger partial charge in [-0.2, -0.15) is 0 Å². The van der Waals surface area contributed by atoms with E-state index in [1.54, 1.807) is 18.2 Å². The average molecular weight is 386 g/mol. The van der Waals surface area contributed by atoms with Crippen molar-refractivity contribution in [3.8, 4) is 28.7 Å². The van der Waals surface area contributed by atoms with Crippen molar-refractivity contribution in [1.82, 2.24) is 0 Å². The molecule has 0 saturated heterocycles. The molecular weight excluding hydrogens is 368 g/mol. The maximum Gasteiger partial charge on any atom is 0.341 e. The second-order valence-corrected chi connectivity index (χ2v) is 5.74. The maximum atomic E-state index is 12.6. The summed E-state index contributed by atoms with van der Waals surface area (Å²) in [6.07, 6.45) is 1.56. The summed E-state index contributed by atoms with van der Waals surface area (Å²) in [5, 5.41) is 8.69. The molecule has 8 heteroatoms. The molecule has 0 atom stereocenters. The van der Waals surface area contributed by atoms with Gasteiger partial charge in [0.25, 0.3) is 0 Å². The summed E-state index contributed by atoms with van der Waals surface area (Å²) in [6, 6.07) is 7.91. The van der Waals surface area contributed by atoms with E-state index in [4.69, 9.17) is 28.8 Å². The first-order chi connectivity index (χ1) is 13.5. The molecule has 0 fully saturated rings. The topological polar surface area (TPSA) is 101 Å². The quantitative estimate of drug-likeness (QED) is 0.725. The van der Waals surface area contributed by atoms with Crippen LogP contribution in [0, 0.1) is 0 Å². The fraction of sp³-hybridized carbons (Fsp3) is 0.200. The van der Waals surface area contributed by atoms with Crippen LogP contribution in [0.4, 0.5) is 0 Å². The number of fused-ring (bicyclic) bond motifs is 1. The molecule has 2 aromatic carbocycles. The normalized spacial score (nSPS) is 13.7. The predicted molar refractivity (Wildman–Crippen MR) is 98.6 cm³/mol. The third-order valence-corrected chi connectivity index (χ3v) is 3.99. The molecular formula is C20H18O8. The van der Waals surface area contributed by atoms with Crippen molar-refractivity contribution >= 4 is 17.8 Å². The molecule has 8 nitrogen and oxygen atoms in total. The first-order valence-corrected chi connectivity index (χ1v) is 8.19. The zero-order chi connectivity index (χ0) is 20.3. The number of rotatable bonds is 7. The number of methoxy groups -OCH3 is 3. The van der Waals surface area contributed by atoms with Gasteiger partial charge in [-0.3, -0.25) is 4.79 Å². The maximum absolute atomic E-state index is 12.6. The SMILES string of the molecule is COc1cc(/C=C2\Oc3cc(OCC(=O)O)ccc3C2=O)cc(OC)c1OC. The van der Waals surface area contributed by atoms with E-state index in [9.17, 15) is 9.59 Å². The Bertz CT molecular complexity index is 936. The lowest BCUT2D eigenvalue weighted by atomic mass is 10.1. The van der Waals surface area contributed by atoms with Gasteiger partial charge in [0.15, 0.2) is 23.9 Å². The van der Waals surface area contributed by atoms with Crippen LogP contribution in [0.15, 0.2) is 36.1 Å². The molecule has 3 rings (SSSR count). The molecule has 146 valence electrons. The van der Waals surface area contributed by atoms with E-state index in [0.29, 0.717) is 39.9 Å². The monoisotopic (exact) mass is 386 g/mol. The minimum Gasteiger partial charge on any atom is -0.493 e. The minimum atomic E-state index is -1.10. The Balaban J connectivity index is 1.91. The summed E-state index contributed by atoms with van der Waals surface area (Å²) in [6.45, 7) is -0.485. The van der Waals surface area contributed by atoms with E-state index in [0.717, 1.165) is 0 Å². The molecule has 0 aliphatic carbocycles. The molecule has 1 heterocycles. The molecule has 0 bridgehead atoms. The van der Waals surface area contributed by atoms with E-state index in [1.165, 1.54) is 39.5 Å². The summed E-state index contributed by atoms with van der Waals surface area (Å²) < 4.78 is 26.7. The van der Waals surface area contributed by atoms with Gasteiger partial charge in [-0.1, -0.05) is 0 Å². The van der Waals surface area contributed by atoms with Crippen molar-refractivity contribution in [3.63, 3.8) is 0 Å². The highest BCUT2D eigenvalue weighted by Crippen LogP contribution is 2.40. The van der Waals surface area contributed by atoms with Crippen molar-refractivity contribution in [2.45, 2.75) is 0 Å². The number of carboxylic acid groups (broad SMARTS) is 1. The number of carbonyl (C=O) groups excluding carboxylic acids is 1. The molecule has 2 aromatic rings. The number of carbonyl (C=O) groups is 2. The van der Waals surface area contributed by atoms with Crippen LogP contribution in [0.2, 0.25) is 0 Å². The van der Waals surface area contributed by atoms with E-state index >= 15 is 0 Å². The fourth-order valence-corrected chi connectivity index (χ4v) is 2.74. The summed E-state index contributed by atoms with van der Waals surface area (Å²) in [4.78, 5) is 23.2. The molecule has 1 aliphatic rings. The summed E-state index contributed by atoms with van der Waals surface area (Å²) in [5.74, 6) is 0.639. The molecule has 28 heavy (non-hydrogen) atoms. The molecule has 0 unspecified atom stereocenters. The summed E-state index contributed by atoms with van der Waals surface area (Å²) >= 11 is 0. The first kappa shape index (κ1) is 19.1. The van der Waals surface area contributed by atoms with E-state index in [2.05, 4.69) is 0 Å². The number of aliphatic carboxylic acids is 1. The number of carboxylic acids is 1. The van der Waals surface area contributed by atoms with Crippen molar-refractivity contribution in [3.05, 3.63) is 47.2 Å². The van der Waals surface area contributed by atoms with Crippen LogP contribution in [-0.2, 0) is 4.79 Å². The molecule has 0 aromatic heterocycles. The van der Waals surface area contributed by atoms with Crippen LogP contribution in [-0.4, -0.2) is 44.8 Å². The molecule has 0 amide bonds. The highest BCUT2D eigenvalue weighted by Gasteiger charge is 2.28. The second kappa shape index (κ2) is 7.91. The molecule has 0 saturated carbocycles. The molecule has 0 spiro atoms. The highest BCUT2D eigenvalue weighted by atomic mass is 16.5. The Hall–Kier alpha value is -3.68. The third kappa shape index (κ3) is 3.71. The van der Waals surface area contributed by atoms with Crippen LogP contribution in [0.5, 0.6) is 28.7 Å². The van der Waals surface area contributed by atoms with Crippen LogP contribution in [0.25, 0.3) is 6.08 Å². The predicted octanol–water partition coefficient (Wildman–Crippen LogP) is 2.79. The van der Waals surface area contributed by atoms with Gasteiger partial charge < -0.3 is 28.8 Å². The molecule has 0 radical (unpaired) electrons. The highest BCUT2D eigenvalue weighted by molar-refractivity contribution is 6.14. The lowest BCUT2D eigenvalue weighted by Crippen LogP contribution is -2.09. The Morgan fingerprint density at radius 2 is 1.75 bits per heavy atom. The lowest BCUT2D eigenvalue weighted by molar-refractivity contribution is -0.139. The van der Waals surface area contributed by atoms with E-state index in [1.807, 2.05) is 0 Å². The van der Waals surface area contributed by atoms with Gasteiger partial charge in [0, 0.05) is 6.07 Å². The van der Waals surface area contributed by atoms with Crippen LogP contribution < -0.4 is 23.7 Å². The van der Waals surface area contributed by atoms with E-state index < -0.39 is 12.6 Å². The number of ketones is 1. The van der Waals surface area contributed by atoms with Crippen molar-refractivity contribution in [2.75, 3.05) is 27.9 Å². The average Bonchev–Trinajstić information content (AvgIpc) is 3.00. The van der Waals surface area contributed by atoms with Gasteiger partial charge in [0.1, 0.15) is 11.5 Å². The number of ether oxygens (including phenoxy) is 5. The Morgan fingerprint density at radius 3 is 2.32 bits per heavy atom. The van der Waals surface area contributed by atoms with Crippen molar-refractivity contribution in [2.24, 2.45) is 0 Å². The largest absolute Gasteiger partial charge is 0.493 e. The fourth-order valence-electron chi connectivity index (χ4n) is 2.74. The van der Waals surface area contributed by atoms with Gasteiger partial charge in [0.05, 0.1) is 26.9 Å². The Kier molecular flexibility index (Phi) is 5.39. The zero-order valence-corrected chi connectivity index (χ0v) is 15.5. The number of hydrogen-bond donors (Lipinski definition) is 1. The standard InChI is InChI=1S/C20H18O8/c1-24-16-7-11(8-17(25-2)20(16)26-3)6-15-19(23)13-5-4-12(9-14(13)28-15)27-10-18(21)22/h4-9H,10H2,1-3H3,(H,21,22)/b15-6-. The molecule has 1 aliphatic heterocycles. The Labute approximate surface area is 160 Å². The van der Waals surface area contributed by atoms with E-state index in [-0.39, 0.29) is 11.5 Å². The first-order valence-electron chi connectivity index (χ1n) is 8.19. The number of allylic oxidation sites excluding steroid dienone is 1. The summed E-state index contributed by atoms with van der Waals surface area (Å²) in [7, 11) is 4.50. The van der Waals surface area contributed by atoms with Crippen LogP contribution in [0.1, 0.15) is 15.9 Å². The van der Waals surface area contributed by atoms with Gasteiger partial charge in [0.2, 0.25) is 11.5 Å². The van der Waals surface area contributed by atoms with Crippen molar-refractivity contribution < 1.29 is 38.4 Å². The lowest BCUT2D eigenvalue weighted by Gasteiger charge is -2.13. The minimum absolute atomic E-state index is 0.111. The second-order valence-electron chi connectivity index (χ2n) is 5.74. The number of hydrogen-bond acceptors (Lipinski definition) is 7. The van der Waals surface area contributed by atoms with Gasteiger partial charge >= 0.3 is 5.97 Å². The van der Waals surface area contributed by atoms with Crippen LogP contribution in [0.3, 0.4) is 0 Å². The van der Waals surface area contributed by atoms with Gasteiger partial charge in [-0.15, -0.1) is 0 Å². The third-order valence-electron chi connectivity index (χ3n) is 3.99. The smallest absolute Gasteiger partial charge is 0.341 e. The van der Waals surface area contributed by atoms with Crippen LogP contribution >= 0.6 is 0 Å². The number of benzene rings is 2. The number of Topliss-reactive ketones (excluding diaryl/α,β-unsaturated/α-hetero) is 1. The van der Waals surface area contributed by atoms with Gasteiger partial charge in [-0.25, -0.2) is 4.79 Å². The van der Waals surface area contributed by atoms with Gasteiger partial charge in [-0.05, 0) is 35.9 Å². The summed E-state index contributed by atoms with van der Waals surface area (Å²) in [5.41, 5.74) is 0.981. The Morgan fingerprint density at radius 1 is 1.07 bits per heavy atom. The molecule has 1 N–H and O–H groups in total. The van der Waals surface area contributed by atoms with Crippen molar-refractivity contribution in [1.29, 1.82) is 0 Å².